The SMILES string of the molecule is Cc1ccc(-c2c(C)c3c(c(C)c2[C@H](OC(C)(C)C)C(=O)O)NC(=O)OCCCCO3)cc1. The van der Waals surface area contributed by atoms with Crippen molar-refractivity contribution in [2.24, 2.45) is 0 Å². The first-order valence-corrected chi connectivity index (χ1v) is 11.2. The van der Waals surface area contributed by atoms with Crippen molar-refractivity contribution < 1.29 is 28.9 Å². The van der Waals surface area contributed by atoms with Gasteiger partial charge in [-0.05, 0) is 71.1 Å². The standard InChI is InChI=1S/C26H33NO6/c1-15-9-11-18(12-10-15)19-17(3)22-21(27-25(30)32-14-8-7-13-31-22)16(2)20(19)23(24(28)29)33-26(4,5)6/h9-12,23H,7-8,13-14H2,1-6H3,(H,27,30)(H,28,29)/t23-/m0/s1. The fraction of sp³-hybridized carbons (Fsp3) is 0.462. The summed E-state index contributed by atoms with van der Waals surface area (Å²) in [6, 6.07) is 7.89. The number of hydrogen-bond donors (Lipinski definition) is 2. The van der Waals surface area contributed by atoms with Crippen LogP contribution in [0, 0.1) is 20.8 Å². The van der Waals surface area contributed by atoms with Crippen molar-refractivity contribution in [2.45, 2.75) is 66.1 Å². The number of rotatable bonds is 4. The zero-order valence-corrected chi connectivity index (χ0v) is 20.2. The smallest absolute Gasteiger partial charge is 0.411 e. The van der Waals surface area contributed by atoms with E-state index >= 15 is 0 Å². The molecule has 0 bridgehead atoms. The molecule has 2 aromatic carbocycles. The molecule has 1 atom stereocenters. The Kier molecular flexibility index (Phi) is 7.32. The first-order valence-electron chi connectivity index (χ1n) is 11.2. The van der Waals surface area contributed by atoms with Crippen LogP contribution in [0.5, 0.6) is 5.75 Å². The molecule has 0 radical (unpaired) electrons. The summed E-state index contributed by atoms with van der Waals surface area (Å²) in [6.07, 6.45) is -0.414. The van der Waals surface area contributed by atoms with Crippen LogP contribution < -0.4 is 10.1 Å². The van der Waals surface area contributed by atoms with Gasteiger partial charge in [0, 0.05) is 11.1 Å². The number of carboxylic acids is 1. The van der Waals surface area contributed by atoms with E-state index < -0.39 is 23.8 Å². The number of benzene rings is 2. The molecule has 33 heavy (non-hydrogen) atoms. The molecular formula is C26H33NO6. The van der Waals surface area contributed by atoms with Crippen LogP contribution in [0.25, 0.3) is 11.1 Å². The van der Waals surface area contributed by atoms with E-state index in [9.17, 15) is 14.7 Å². The van der Waals surface area contributed by atoms with Crippen LogP contribution in [-0.2, 0) is 14.3 Å². The highest BCUT2D eigenvalue weighted by atomic mass is 16.5. The average molecular weight is 456 g/mol. The topological polar surface area (TPSA) is 94.1 Å². The third-order valence-corrected chi connectivity index (χ3v) is 5.53. The van der Waals surface area contributed by atoms with Gasteiger partial charge in [0.15, 0.2) is 6.10 Å². The second-order valence-electron chi connectivity index (χ2n) is 9.37. The van der Waals surface area contributed by atoms with Gasteiger partial charge in [0.2, 0.25) is 0 Å². The Morgan fingerprint density at radius 1 is 1.03 bits per heavy atom. The van der Waals surface area contributed by atoms with Crippen LogP contribution in [0.1, 0.15) is 62.0 Å². The summed E-state index contributed by atoms with van der Waals surface area (Å²) in [7, 11) is 0. The molecule has 0 aliphatic carbocycles. The lowest BCUT2D eigenvalue weighted by molar-refractivity contribution is -0.160. The summed E-state index contributed by atoms with van der Waals surface area (Å²) in [5.41, 5.74) is 4.17. The number of amides is 1. The molecule has 3 rings (SSSR count). The van der Waals surface area contributed by atoms with Gasteiger partial charge in [0.05, 0.1) is 24.5 Å². The van der Waals surface area contributed by atoms with E-state index in [1.807, 2.05) is 58.9 Å². The second kappa shape index (κ2) is 9.83. The minimum absolute atomic E-state index is 0.293. The highest BCUT2D eigenvalue weighted by Crippen LogP contribution is 2.46. The summed E-state index contributed by atoms with van der Waals surface area (Å²) in [5.74, 6) is -0.588. The van der Waals surface area contributed by atoms with Crippen LogP contribution in [0.15, 0.2) is 24.3 Å². The molecule has 178 valence electrons. The van der Waals surface area contributed by atoms with Crippen molar-refractivity contribution in [1.29, 1.82) is 0 Å². The van der Waals surface area contributed by atoms with Crippen LogP contribution in [0.2, 0.25) is 0 Å². The molecule has 7 nitrogen and oxygen atoms in total. The van der Waals surface area contributed by atoms with Gasteiger partial charge < -0.3 is 19.3 Å². The third kappa shape index (κ3) is 5.66. The van der Waals surface area contributed by atoms with E-state index in [4.69, 9.17) is 14.2 Å². The molecule has 0 aromatic heterocycles. The normalized spacial score (nSPS) is 15.5. The zero-order chi connectivity index (χ0) is 24.3. The lowest BCUT2D eigenvalue weighted by atomic mass is 9.86. The molecule has 1 aliphatic rings. The van der Waals surface area contributed by atoms with Gasteiger partial charge in [-0.2, -0.15) is 0 Å². The van der Waals surface area contributed by atoms with Crippen LogP contribution in [0.4, 0.5) is 10.5 Å². The number of aryl methyl sites for hydroxylation is 1. The predicted molar refractivity (Wildman–Crippen MR) is 127 cm³/mol. The molecule has 0 fully saturated rings. The lowest BCUT2D eigenvalue weighted by Gasteiger charge is -2.31. The Balaban J connectivity index is 2.36. The lowest BCUT2D eigenvalue weighted by Crippen LogP contribution is -2.29. The van der Waals surface area contributed by atoms with Crippen molar-refractivity contribution in [2.75, 3.05) is 18.5 Å². The highest BCUT2D eigenvalue weighted by Gasteiger charge is 2.34. The van der Waals surface area contributed by atoms with Crippen molar-refractivity contribution in [3.05, 3.63) is 46.5 Å². The maximum absolute atomic E-state index is 12.5. The van der Waals surface area contributed by atoms with E-state index in [0.717, 1.165) is 28.7 Å². The van der Waals surface area contributed by atoms with E-state index in [1.54, 1.807) is 6.92 Å². The molecule has 1 heterocycles. The fourth-order valence-corrected chi connectivity index (χ4v) is 4.01. The van der Waals surface area contributed by atoms with Crippen molar-refractivity contribution in [3.63, 3.8) is 0 Å². The largest absolute Gasteiger partial charge is 0.491 e. The molecule has 2 aromatic rings. The zero-order valence-electron chi connectivity index (χ0n) is 20.2. The molecular weight excluding hydrogens is 422 g/mol. The summed E-state index contributed by atoms with van der Waals surface area (Å²) in [5, 5.41) is 13.0. The van der Waals surface area contributed by atoms with Crippen LogP contribution in [-0.4, -0.2) is 36.0 Å². The summed E-state index contributed by atoms with van der Waals surface area (Å²) < 4.78 is 17.5. The number of carboxylic acid groups (broad SMARTS) is 1. The van der Waals surface area contributed by atoms with Crippen molar-refractivity contribution in [1.82, 2.24) is 0 Å². The third-order valence-electron chi connectivity index (χ3n) is 5.53. The van der Waals surface area contributed by atoms with Crippen molar-refractivity contribution in [3.8, 4) is 16.9 Å². The maximum atomic E-state index is 12.5. The Hall–Kier alpha value is -3.06. The van der Waals surface area contributed by atoms with E-state index in [0.29, 0.717) is 42.2 Å². The van der Waals surface area contributed by atoms with Gasteiger partial charge in [-0.1, -0.05) is 29.8 Å². The minimum atomic E-state index is -1.25. The van der Waals surface area contributed by atoms with Gasteiger partial charge in [-0.3, -0.25) is 5.32 Å². The molecule has 2 N–H and O–H groups in total. The molecule has 7 heteroatoms. The highest BCUT2D eigenvalue weighted by molar-refractivity contribution is 5.94. The number of carbonyl (C=O) groups excluding carboxylic acids is 1. The minimum Gasteiger partial charge on any atom is -0.491 e. The van der Waals surface area contributed by atoms with Crippen molar-refractivity contribution >= 4 is 17.7 Å². The number of fused-ring (bicyclic) bond motifs is 1. The molecule has 0 unspecified atom stereocenters. The fourth-order valence-electron chi connectivity index (χ4n) is 4.01. The molecule has 1 aliphatic heterocycles. The van der Waals surface area contributed by atoms with E-state index in [1.165, 1.54) is 0 Å². The number of nitrogens with one attached hydrogen (secondary N) is 1. The van der Waals surface area contributed by atoms with E-state index in [-0.39, 0.29) is 0 Å². The predicted octanol–water partition coefficient (Wildman–Crippen LogP) is 5.94. The van der Waals surface area contributed by atoms with Gasteiger partial charge in [0.25, 0.3) is 0 Å². The van der Waals surface area contributed by atoms with Crippen LogP contribution >= 0.6 is 0 Å². The van der Waals surface area contributed by atoms with Gasteiger partial charge in [-0.25, -0.2) is 9.59 Å². The number of aliphatic carboxylic acids is 1. The molecule has 0 saturated carbocycles. The summed E-state index contributed by atoms with van der Waals surface area (Å²) in [6.45, 7) is 11.9. The Labute approximate surface area is 195 Å². The number of ether oxygens (including phenoxy) is 3. The van der Waals surface area contributed by atoms with Gasteiger partial charge >= 0.3 is 12.1 Å². The first-order chi connectivity index (χ1) is 15.5. The summed E-state index contributed by atoms with van der Waals surface area (Å²) in [4.78, 5) is 24.9. The Morgan fingerprint density at radius 2 is 1.64 bits per heavy atom. The van der Waals surface area contributed by atoms with Gasteiger partial charge in [0.1, 0.15) is 5.75 Å². The number of cyclic esters (lactones) is 1. The monoisotopic (exact) mass is 455 g/mol. The first kappa shape index (κ1) is 24.6. The Morgan fingerprint density at radius 3 is 2.21 bits per heavy atom. The van der Waals surface area contributed by atoms with E-state index in [2.05, 4.69) is 5.32 Å². The van der Waals surface area contributed by atoms with Gasteiger partial charge in [-0.15, -0.1) is 0 Å². The van der Waals surface area contributed by atoms with Crippen LogP contribution in [0.3, 0.4) is 0 Å². The maximum Gasteiger partial charge on any atom is 0.411 e. The molecule has 0 spiro atoms. The summed E-state index contributed by atoms with van der Waals surface area (Å²) >= 11 is 0. The molecule has 1 amide bonds. The average Bonchev–Trinajstić information content (AvgIpc) is 2.73. The number of carbonyl (C=O) groups is 2. The molecule has 0 saturated heterocycles. The number of anilines is 1. The number of hydrogen-bond acceptors (Lipinski definition) is 5. The quantitative estimate of drug-likeness (QED) is 0.592. The second-order valence-corrected chi connectivity index (χ2v) is 9.37. The Bertz CT molecular complexity index is 1040.